The molecule has 1 amide bonds. The highest BCUT2D eigenvalue weighted by Crippen LogP contribution is 2.17. The van der Waals surface area contributed by atoms with Crippen LogP contribution in [-0.4, -0.2) is 20.9 Å². The average molecular weight is 153 g/mol. The molecule has 0 bridgehead atoms. The van der Waals surface area contributed by atoms with E-state index >= 15 is 0 Å². The van der Waals surface area contributed by atoms with Crippen molar-refractivity contribution < 1.29 is 4.79 Å². The summed E-state index contributed by atoms with van der Waals surface area (Å²) in [7, 11) is 0. The van der Waals surface area contributed by atoms with Gasteiger partial charge in [0.1, 0.15) is 6.17 Å². The normalized spacial score (nSPS) is 22.6. The lowest BCUT2D eigenvalue weighted by Crippen LogP contribution is -2.32. The van der Waals surface area contributed by atoms with Crippen LogP contribution < -0.4 is 11.1 Å². The summed E-state index contributed by atoms with van der Waals surface area (Å²) in [5, 5.41) is 9.90. The van der Waals surface area contributed by atoms with Crippen LogP contribution in [0.4, 0.5) is 5.82 Å². The standard InChI is InChI=1S/C5H7N5O/c6-3-1-5(11)8-4-2-7-9-10(3)4/h2-3H,1,6H2,(H,8,11)/t3-/m0/s1. The highest BCUT2D eigenvalue weighted by atomic mass is 16.2. The van der Waals surface area contributed by atoms with E-state index in [2.05, 4.69) is 15.6 Å². The molecule has 0 saturated heterocycles. The zero-order valence-electron chi connectivity index (χ0n) is 5.69. The number of fused-ring (bicyclic) bond motifs is 1. The molecule has 0 spiro atoms. The largest absolute Gasteiger partial charge is 0.309 e. The highest BCUT2D eigenvalue weighted by molar-refractivity contribution is 5.91. The van der Waals surface area contributed by atoms with Gasteiger partial charge in [0, 0.05) is 0 Å². The van der Waals surface area contributed by atoms with Crippen LogP contribution in [0.3, 0.4) is 0 Å². The molecule has 0 unspecified atom stereocenters. The minimum Gasteiger partial charge on any atom is -0.309 e. The second kappa shape index (κ2) is 2.03. The predicted octanol–water partition coefficient (Wildman–Crippen LogP) is -0.922. The zero-order chi connectivity index (χ0) is 7.84. The van der Waals surface area contributed by atoms with Crippen LogP contribution in [0, 0.1) is 0 Å². The summed E-state index contributed by atoms with van der Waals surface area (Å²) in [6.45, 7) is 0. The molecule has 1 aromatic rings. The van der Waals surface area contributed by atoms with E-state index < -0.39 is 0 Å². The number of carbonyl (C=O) groups is 1. The van der Waals surface area contributed by atoms with Gasteiger partial charge in [-0.3, -0.25) is 4.79 Å². The van der Waals surface area contributed by atoms with Gasteiger partial charge >= 0.3 is 0 Å². The van der Waals surface area contributed by atoms with Crippen molar-refractivity contribution in [1.82, 2.24) is 15.0 Å². The Morgan fingerprint density at radius 2 is 2.64 bits per heavy atom. The van der Waals surface area contributed by atoms with Crippen LogP contribution >= 0.6 is 0 Å². The van der Waals surface area contributed by atoms with Gasteiger partial charge in [-0.05, 0) is 0 Å². The number of nitrogens with one attached hydrogen (secondary N) is 1. The van der Waals surface area contributed by atoms with Gasteiger partial charge in [-0.25, -0.2) is 4.68 Å². The lowest BCUT2D eigenvalue weighted by Gasteiger charge is -2.19. The third kappa shape index (κ3) is 0.874. The number of amides is 1. The number of aromatic nitrogens is 3. The van der Waals surface area contributed by atoms with Gasteiger partial charge in [-0.15, -0.1) is 5.10 Å². The molecule has 0 radical (unpaired) electrons. The summed E-state index contributed by atoms with van der Waals surface area (Å²) in [4.78, 5) is 10.9. The lowest BCUT2D eigenvalue weighted by molar-refractivity contribution is -0.117. The van der Waals surface area contributed by atoms with Gasteiger partial charge in [0.2, 0.25) is 5.91 Å². The first-order valence-corrected chi connectivity index (χ1v) is 3.23. The molecule has 0 aliphatic carbocycles. The molecule has 58 valence electrons. The first-order valence-electron chi connectivity index (χ1n) is 3.23. The van der Waals surface area contributed by atoms with Crippen LogP contribution in [0.25, 0.3) is 0 Å². The maximum Gasteiger partial charge on any atom is 0.229 e. The fourth-order valence-corrected chi connectivity index (χ4v) is 1.05. The Morgan fingerprint density at radius 3 is 3.45 bits per heavy atom. The van der Waals surface area contributed by atoms with E-state index in [1.165, 1.54) is 10.9 Å². The van der Waals surface area contributed by atoms with Gasteiger partial charge in [0.25, 0.3) is 0 Å². The number of rotatable bonds is 0. The van der Waals surface area contributed by atoms with Crippen LogP contribution in [0.1, 0.15) is 12.6 Å². The average Bonchev–Trinajstić information content (AvgIpc) is 2.34. The second-order valence-electron chi connectivity index (χ2n) is 2.38. The van der Waals surface area contributed by atoms with Gasteiger partial charge in [0.05, 0.1) is 12.6 Å². The number of hydrogen-bond acceptors (Lipinski definition) is 4. The quantitative estimate of drug-likeness (QED) is 0.504. The summed E-state index contributed by atoms with van der Waals surface area (Å²) in [5.41, 5.74) is 5.58. The Hall–Kier alpha value is -1.43. The van der Waals surface area contributed by atoms with Crippen molar-refractivity contribution in [3.8, 4) is 0 Å². The van der Waals surface area contributed by atoms with Crippen LogP contribution in [0.15, 0.2) is 6.20 Å². The molecule has 0 fully saturated rings. The molecule has 1 aliphatic rings. The Morgan fingerprint density at radius 1 is 1.82 bits per heavy atom. The van der Waals surface area contributed by atoms with Crippen molar-refractivity contribution in [2.45, 2.75) is 12.6 Å². The van der Waals surface area contributed by atoms with Crippen LogP contribution in [-0.2, 0) is 4.79 Å². The molecular weight excluding hydrogens is 146 g/mol. The molecule has 6 heteroatoms. The third-order valence-electron chi connectivity index (χ3n) is 1.55. The number of hydrogen-bond donors (Lipinski definition) is 2. The molecule has 11 heavy (non-hydrogen) atoms. The van der Waals surface area contributed by atoms with E-state index in [9.17, 15) is 4.79 Å². The SMILES string of the molecule is N[C@@H]1CC(=O)Nc2cnnn21. The van der Waals surface area contributed by atoms with Crippen molar-refractivity contribution >= 4 is 11.7 Å². The topological polar surface area (TPSA) is 85.8 Å². The highest BCUT2D eigenvalue weighted by Gasteiger charge is 2.21. The summed E-state index contributed by atoms with van der Waals surface area (Å²) in [6, 6.07) is 0. The van der Waals surface area contributed by atoms with Crippen molar-refractivity contribution in [3.05, 3.63) is 6.20 Å². The second-order valence-corrected chi connectivity index (χ2v) is 2.38. The Kier molecular flexibility index (Phi) is 1.16. The monoisotopic (exact) mass is 153 g/mol. The maximum absolute atomic E-state index is 10.9. The van der Waals surface area contributed by atoms with Gasteiger partial charge in [-0.2, -0.15) is 0 Å². The molecule has 1 aliphatic heterocycles. The van der Waals surface area contributed by atoms with Crippen molar-refractivity contribution in [2.24, 2.45) is 5.73 Å². The fraction of sp³-hybridized carbons (Fsp3) is 0.400. The fourth-order valence-electron chi connectivity index (χ4n) is 1.05. The van der Waals surface area contributed by atoms with Gasteiger partial charge in [-0.1, -0.05) is 5.21 Å². The number of anilines is 1. The summed E-state index contributed by atoms with van der Waals surface area (Å²) in [6.07, 6.45) is 1.36. The molecule has 0 saturated carbocycles. The summed E-state index contributed by atoms with van der Waals surface area (Å²) >= 11 is 0. The zero-order valence-corrected chi connectivity index (χ0v) is 5.69. The first-order chi connectivity index (χ1) is 5.27. The molecule has 3 N–H and O–H groups in total. The molecule has 6 nitrogen and oxygen atoms in total. The van der Waals surface area contributed by atoms with E-state index in [4.69, 9.17) is 5.73 Å². The molecule has 0 aromatic carbocycles. The number of nitrogens with zero attached hydrogens (tertiary/aromatic N) is 3. The molecular formula is C5H7N5O. The molecule has 2 heterocycles. The van der Waals surface area contributed by atoms with Crippen molar-refractivity contribution in [3.63, 3.8) is 0 Å². The molecule has 1 aromatic heterocycles. The van der Waals surface area contributed by atoms with Gasteiger partial charge in [0.15, 0.2) is 5.82 Å². The van der Waals surface area contributed by atoms with E-state index in [0.717, 1.165) is 0 Å². The van der Waals surface area contributed by atoms with E-state index in [0.29, 0.717) is 5.82 Å². The number of carbonyl (C=O) groups excluding carboxylic acids is 1. The minimum atomic E-state index is -0.374. The Labute approximate surface area is 62.4 Å². The Balaban J connectivity index is 2.43. The van der Waals surface area contributed by atoms with Crippen LogP contribution in [0.5, 0.6) is 0 Å². The first kappa shape index (κ1) is 6.29. The van der Waals surface area contributed by atoms with E-state index in [1.807, 2.05) is 0 Å². The lowest BCUT2D eigenvalue weighted by atomic mass is 10.3. The van der Waals surface area contributed by atoms with E-state index in [1.54, 1.807) is 0 Å². The minimum absolute atomic E-state index is 0.0905. The van der Waals surface area contributed by atoms with Gasteiger partial charge < -0.3 is 11.1 Å². The third-order valence-corrected chi connectivity index (χ3v) is 1.55. The summed E-state index contributed by atoms with van der Waals surface area (Å²) < 4.78 is 1.49. The Bertz CT molecular complexity index is 293. The summed E-state index contributed by atoms with van der Waals surface area (Å²) in [5.74, 6) is 0.473. The predicted molar refractivity (Wildman–Crippen MR) is 36.5 cm³/mol. The van der Waals surface area contributed by atoms with E-state index in [-0.39, 0.29) is 18.5 Å². The molecule has 1 atom stereocenters. The molecule has 2 rings (SSSR count). The van der Waals surface area contributed by atoms with Crippen molar-refractivity contribution in [1.29, 1.82) is 0 Å². The smallest absolute Gasteiger partial charge is 0.229 e. The van der Waals surface area contributed by atoms with Crippen LogP contribution in [0.2, 0.25) is 0 Å². The maximum atomic E-state index is 10.9. The van der Waals surface area contributed by atoms with Crippen molar-refractivity contribution in [2.75, 3.05) is 5.32 Å². The number of nitrogens with two attached hydrogens (primary N) is 1.